The number of hydrogen-bond acceptors (Lipinski definition) is 9. The van der Waals surface area contributed by atoms with Crippen molar-refractivity contribution in [2.24, 2.45) is 0 Å². The minimum Gasteiger partial charge on any atom is -0.508 e. The Morgan fingerprint density at radius 2 is 1.91 bits per heavy atom. The third-order valence-electron chi connectivity index (χ3n) is 9.02. The second kappa shape index (κ2) is 11.7. The third kappa shape index (κ3) is 5.47. The zero-order valence-corrected chi connectivity index (χ0v) is 25.1. The Bertz CT molecular complexity index is 1660. The zero-order chi connectivity index (χ0) is 29.7. The number of rotatable bonds is 7. The van der Waals surface area contributed by atoms with E-state index in [0.29, 0.717) is 42.1 Å². The summed E-state index contributed by atoms with van der Waals surface area (Å²) in [5, 5.41) is 18.4. The van der Waals surface area contributed by atoms with Crippen molar-refractivity contribution in [2.75, 3.05) is 51.3 Å². The van der Waals surface area contributed by atoms with Crippen molar-refractivity contribution in [1.82, 2.24) is 25.2 Å². The number of nitrogens with zero attached hydrogens (tertiary/aromatic N) is 5. The molecule has 1 aromatic heterocycles. The van der Waals surface area contributed by atoms with Gasteiger partial charge in [0.1, 0.15) is 17.1 Å². The number of ether oxygens (including phenoxy) is 1. The van der Waals surface area contributed by atoms with E-state index in [0.717, 1.165) is 56.2 Å². The Morgan fingerprint density at radius 3 is 2.72 bits per heavy atom. The molecule has 0 radical (unpaired) electrons. The van der Waals surface area contributed by atoms with Crippen LogP contribution in [0.5, 0.6) is 11.8 Å². The van der Waals surface area contributed by atoms with Gasteiger partial charge in [-0.05, 0) is 60.7 Å². The van der Waals surface area contributed by atoms with Crippen molar-refractivity contribution in [2.45, 2.75) is 44.4 Å². The second-order valence-corrected chi connectivity index (χ2v) is 12.2. The van der Waals surface area contributed by atoms with E-state index >= 15 is 4.39 Å². The Kier molecular flexibility index (Phi) is 7.73. The minimum atomic E-state index is -0.560. The average Bonchev–Trinajstić information content (AvgIpc) is 3.34. The highest BCUT2D eigenvalue weighted by Gasteiger charge is 2.34. The summed E-state index contributed by atoms with van der Waals surface area (Å²) in [5.41, 5.74) is 0.858. The number of benzene rings is 3. The lowest BCUT2D eigenvalue weighted by atomic mass is 9.96. The van der Waals surface area contributed by atoms with Crippen molar-refractivity contribution >= 4 is 39.1 Å². The van der Waals surface area contributed by atoms with Crippen LogP contribution in [0.2, 0.25) is 5.02 Å². The lowest BCUT2D eigenvalue weighted by molar-refractivity contribution is -0.235. The van der Waals surface area contributed by atoms with E-state index in [9.17, 15) is 5.11 Å². The summed E-state index contributed by atoms with van der Waals surface area (Å²) in [4.78, 5) is 19.6. The molecule has 2 bridgehead atoms. The van der Waals surface area contributed by atoms with Gasteiger partial charge in [-0.1, -0.05) is 35.9 Å². The van der Waals surface area contributed by atoms with Crippen LogP contribution < -0.4 is 15.0 Å². The highest BCUT2D eigenvalue weighted by molar-refractivity contribution is 6.35. The van der Waals surface area contributed by atoms with E-state index in [4.69, 9.17) is 26.2 Å². The summed E-state index contributed by atoms with van der Waals surface area (Å²) < 4.78 is 22.8. The molecular weight excluding hydrogens is 571 g/mol. The maximum absolute atomic E-state index is 16.7. The Morgan fingerprint density at radius 1 is 1.12 bits per heavy atom. The molecule has 0 aliphatic carbocycles. The largest absolute Gasteiger partial charge is 0.508 e. The number of piperazine rings is 1. The van der Waals surface area contributed by atoms with E-state index < -0.39 is 5.82 Å². The number of hydroxylamine groups is 2. The summed E-state index contributed by atoms with van der Waals surface area (Å²) in [6.07, 6.45) is 3.14. The molecule has 0 amide bonds. The Balaban J connectivity index is 1.26. The van der Waals surface area contributed by atoms with Gasteiger partial charge in [-0.3, -0.25) is 9.74 Å². The SMILES string of the molecule is C[C@H]1N(CCCOc2nc(N3CC4CCC(C3)N4)c3cc(Cl)c(-c4cc(O)cc5ccccc45)c(F)c3n2)CCON1C. The van der Waals surface area contributed by atoms with E-state index in [-0.39, 0.29) is 34.0 Å². The smallest absolute Gasteiger partial charge is 0.319 e. The monoisotopic (exact) mass is 606 g/mol. The van der Waals surface area contributed by atoms with Crippen LogP contribution in [-0.4, -0.2) is 89.7 Å². The number of aromatic nitrogens is 2. The number of phenolic OH excluding ortho intramolecular Hbond substituents is 1. The molecule has 4 heterocycles. The molecular formula is C32H36ClFN6O3. The van der Waals surface area contributed by atoms with Crippen LogP contribution in [0.15, 0.2) is 42.5 Å². The number of aromatic hydroxyl groups is 1. The molecule has 43 heavy (non-hydrogen) atoms. The molecule has 0 spiro atoms. The van der Waals surface area contributed by atoms with Gasteiger partial charge in [0.05, 0.1) is 24.4 Å². The fourth-order valence-corrected chi connectivity index (χ4v) is 7.03. The molecule has 2 unspecified atom stereocenters. The number of hydrogen-bond donors (Lipinski definition) is 2. The van der Waals surface area contributed by atoms with Crippen molar-refractivity contribution in [3.05, 3.63) is 53.3 Å². The quantitative estimate of drug-likeness (QED) is 0.276. The van der Waals surface area contributed by atoms with Gasteiger partial charge >= 0.3 is 6.01 Å². The summed E-state index contributed by atoms with van der Waals surface area (Å²) in [6.45, 7) is 6.38. The molecule has 4 aromatic rings. The minimum absolute atomic E-state index is 0.0359. The number of halogens is 2. The molecule has 0 saturated carbocycles. The first-order valence-electron chi connectivity index (χ1n) is 15.0. The molecule has 3 saturated heterocycles. The van der Waals surface area contributed by atoms with Gasteiger partial charge in [0, 0.05) is 56.3 Å². The molecule has 3 aliphatic heterocycles. The van der Waals surface area contributed by atoms with Gasteiger partial charge in [0.15, 0.2) is 5.82 Å². The van der Waals surface area contributed by atoms with Crippen molar-refractivity contribution in [3.8, 4) is 22.9 Å². The fraction of sp³-hybridized carbons (Fsp3) is 0.438. The van der Waals surface area contributed by atoms with E-state index in [1.165, 1.54) is 0 Å². The topological polar surface area (TPSA) is 86.2 Å². The standard InChI is InChI=1S/C32H36ClFN6O3/c1-19-38(2)43-13-11-39(19)10-5-12-42-32-36-30-26(31(37-32)40-17-21-8-9-22(18-40)35-21)16-27(33)28(29(30)34)25-15-23(41)14-20-6-3-4-7-24(20)25/h3-4,6-7,14-16,19,21-22,35,41H,5,8-13,17-18H2,1-2H3/t19-,21?,22?/m1/s1. The van der Waals surface area contributed by atoms with Crippen LogP contribution in [0.25, 0.3) is 32.8 Å². The summed E-state index contributed by atoms with van der Waals surface area (Å²) >= 11 is 6.86. The summed E-state index contributed by atoms with van der Waals surface area (Å²) in [6, 6.07) is 13.4. The molecule has 3 aliphatic rings. The Hall–Kier alpha value is -3.28. The normalized spacial score (nSPS) is 23.0. The lowest BCUT2D eigenvalue weighted by Crippen LogP contribution is -2.51. The Labute approximate surface area is 255 Å². The van der Waals surface area contributed by atoms with Gasteiger partial charge in [-0.25, -0.2) is 4.39 Å². The van der Waals surface area contributed by atoms with Gasteiger partial charge in [-0.15, -0.1) is 0 Å². The molecule has 9 nitrogen and oxygen atoms in total. The summed E-state index contributed by atoms with van der Waals surface area (Å²) in [7, 11) is 1.94. The van der Waals surface area contributed by atoms with Crippen LogP contribution in [-0.2, 0) is 4.84 Å². The van der Waals surface area contributed by atoms with Crippen molar-refractivity contribution < 1.29 is 19.1 Å². The molecule has 2 N–H and O–H groups in total. The first-order chi connectivity index (χ1) is 20.9. The first-order valence-corrected chi connectivity index (χ1v) is 15.4. The number of phenols is 1. The van der Waals surface area contributed by atoms with Crippen LogP contribution in [0, 0.1) is 5.82 Å². The molecule has 11 heteroatoms. The molecule has 3 fully saturated rings. The number of fused-ring (bicyclic) bond motifs is 4. The number of anilines is 1. The fourth-order valence-electron chi connectivity index (χ4n) is 6.74. The maximum Gasteiger partial charge on any atom is 0.319 e. The second-order valence-electron chi connectivity index (χ2n) is 11.8. The van der Waals surface area contributed by atoms with Crippen LogP contribution in [0.4, 0.5) is 10.2 Å². The van der Waals surface area contributed by atoms with Gasteiger partial charge < -0.3 is 20.1 Å². The van der Waals surface area contributed by atoms with E-state index in [2.05, 4.69) is 27.0 Å². The first kappa shape index (κ1) is 28.5. The third-order valence-corrected chi connectivity index (χ3v) is 9.32. The van der Waals surface area contributed by atoms with Crippen LogP contribution >= 0.6 is 11.6 Å². The molecule has 3 aromatic carbocycles. The van der Waals surface area contributed by atoms with E-state index in [1.54, 1.807) is 18.2 Å². The predicted molar refractivity (Wildman–Crippen MR) is 166 cm³/mol. The highest BCUT2D eigenvalue weighted by Crippen LogP contribution is 2.42. The van der Waals surface area contributed by atoms with Crippen molar-refractivity contribution in [1.29, 1.82) is 0 Å². The van der Waals surface area contributed by atoms with Gasteiger partial charge in [-0.2, -0.15) is 15.0 Å². The van der Waals surface area contributed by atoms with Crippen molar-refractivity contribution in [3.63, 3.8) is 0 Å². The number of nitrogens with one attached hydrogen (secondary N) is 1. The van der Waals surface area contributed by atoms with Gasteiger partial charge in [0.25, 0.3) is 0 Å². The van der Waals surface area contributed by atoms with Crippen LogP contribution in [0.3, 0.4) is 0 Å². The predicted octanol–water partition coefficient (Wildman–Crippen LogP) is 5.18. The zero-order valence-electron chi connectivity index (χ0n) is 24.4. The van der Waals surface area contributed by atoms with E-state index in [1.807, 2.05) is 36.4 Å². The molecule has 226 valence electrons. The highest BCUT2D eigenvalue weighted by atomic mass is 35.5. The summed E-state index contributed by atoms with van der Waals surface area (Å²) in [5.74, 6) is 0.110. The lowest BCUT2D eigenvalue weighted by Gasteiger charge is -2.39. The van der Waals surface area contributed by atoms with Crippen LogP contribution in [0.1, 0.15) is 26.2 Å². The van der Waals surface area contributed by atoms with Gasteiger partial charge in [0.2, 0.25) is 0 Å². The maximum atomic E-state index is 16.7. The molecule has 7 rings (SSSR count). The molecule has 3 atom stereocenters. The average molecular weight is 607 g/mol.